The van der Waals surface area contributed by atoms with Crippen LogP contribution in [0.1, 0.15) is 72.3 Å². The van der Waals surface area contributed by atoms with Gasteiger partial charge in [0.25, 0.3) is 5.91 Å². The van der Waals surface area contributed by atoms with Crippen molar-refractivity contribution in [2.75, 3.05) is 24.5 Å². The zero-order chi connectivity index (χ0) is 24.8. The molecular weight excluding hydrogens is 448 g/mol. The van der Waals surface area contributed by atoms with Crippen molar-refractivity contribution in [3.63, 3.8) is 0 Å². The van der Waals surface area contributed by atoms with Crippen molar-refractivity contribution in [3.05, 3.63) is 65.0 Å². The van der Waals surface area contributed by atoms with Gasteiger partial charge >= 0.3 is 0 Å². The molecule has 4 aromatic rings. The summed E-state index contributed by atoms with van der Waals surface area (Å²) in [4.78, 5) is 22.8. The summed E-state index contributed by atoms with van der Waals surface area (Å²) < 4.78 is 2.22. The highest BCUT2D eigenvalue weighted by atomic mass is 16.2. The number of hydrogen-bond donors (Lipinski definition) is 0. The van der Waals surface area contributed by atoms with Gasteiger partial charge in [0.1, 0.15) is 5.82 Å². The number of rotatable bonds is 3. The van der Waals surface area contributed by atoms with Crippen LogP contribution in [0.25, 0.3) is 16.6 Å². The molecule has 1 saturated carbocycles. The van der Waals surface area contributed by atoms with Gasteiger partial charge < -0.3 is 9.80 Å². The van der Waals surface area contributed by atoms with Gasteiger partial charge in [-0.3, -0.25) is 4.79 Å². The summed E-state index contributed by atoms with van der Waals surface area (Å²) in [6, 6.07) is 14.3. The Bertz CT molecular complexity index is 1420. The van der Waals surface area contributed by atoms with Crippen molar-refractivity contribution in [1.29, 1.82) is 0 Å². The van der Waals surface area contributed by atoms with Gasteiger partial charge in [0.15, 0.2) is 5.65 Å². The normalized spacial score (nSPS) is 19.4. The molecule has 0 bridgehead atoms. The Balaban J connectivity index is 1.37. The summed E-state index contributed by atoms with van der Waals surface area (Å²) in [6.45, 7) is 8.38. The lowest BCUT2D eigenvalue weighted by Crippen LogP contribution is -2.54. The predicted octanol–water partition coefficient (Wildman–Crippen LogP) is 5.29. The molecule has 0 spiro atoms. The molecule has 2 aliphatic rings. The zero-order valence-electron chi connectivity index (χ0n) is 21.4. The number of piperazine rings is 1. The van der Waals surface area contributed by atoms with E-state index < -0.39 is 0 Å². The molecule has 1 unspecified atom stereocenters. The fourth-order valence-corrected chi connectivity index (χ4v) is 5.89. The van der Waals surface area contributed by atoms with Gasteiger partial charge in [-0.2, -0.15) is 0 Å². The summed E-state index contributed by atoms with van der Waals surface area (Å²) in [6.07, 6.45) is 6.09. The number of nitrogens with zero attached hydrogens (tertiary/aromatic N) is 6. The van der Waals surface area contributed by atoms with Crippen LogP contribution in [0.3, 0.4) is 0 Å². The maximum absolute atomic E-state index is 13.3. The summed E-state index contributed by atoms with van der Waals surface area (Å²) in [5.41, 5.74) is 4.94. The monoisotopic (exact) mass is 482 g/mol. The number of amides is 1. The minimum absolute atomic E-state index is 0.0627. The van der Waals surface area contributed by atoms with E-state index in [0.717, 1.165) is 65.4 Å². The third-order valence-corrected chi connectivity index (χ3v) is 7.94. The number of aromatic nitrogens is 4. The molecule has 2 aromatic carbocycles. The van der Waals surface area contributed by atoms with Crippen LogP contribution in [0.4, 0.5) is 5.95 Å². The van der Waals surface area contributed by atoms with Crippen LogP contribution in [0.2, 0.25) is 0 Å². The number of carbonyl (C=O) groups excluding carboxylic acids is 1. The van der Waals surface area contributed by atoms with Crippen LogP contribution in [-0.4, -0.2) is 56.1 Å². The van der Waals surface area contributed by atoms with Crippen LogP contribution < -0.4 is 4.90 Å². The molecule has 1 aliphatic carbocycles. The van der Waals surface area contributed by atoms with E-state index in [1.807, 2.05) is 36.1 Å². The zero-order valence-corrected chi connectivity index (χ0v) is 21.4. The van der Waals surface area contributed by atoms with Crippen molar-refractivity contribution < 1.29 is 4.79 Å². The molecule has 6 rings (SSSR count). The Kier molecular flexibility index (Phi) is 5.86. The highest BCUT2D eigenvalue weighted by molar-refractivity contribution is 5.95. The number of carbonyl (C=O) groups is 1. The minimum Gasteiger partial charge on any atom is -0.338 e. The van der Waals surface area contributed by atoms with Gasteiger partial charge in [-0.25, -0.2) is 9.38 Å². The maximum atomic E-state index is 13.3. The molecule has 0 radical (unpaired) electrons. The van der Waals surface area contributed by atoms with E-state index >= 15 is 0 Å². The molecule has 2 aromatic heterocycles. The van der Waals surface area contributed by atoms with E-state index in [1.165, 1.54) is 24.8 Å². The first-order valence-electron chi connectivity index (χ1n) is 13.3. The average molecular weight is 483 g/mol. The smallest absolute Gasteiger partial charge is 0.254 e. The summed E-state index contributed by atoms with van der Waals surface area (Å²) in [7, 11) is 0. The molecule has 7 heteroatoms. The summed E-state index contributed by atoms with van der Waals surface area (Å²) in [5.74, 6) is 2.46. The Morgan fingerprint density at radius 3 is 2.42 bits per heavy atom. The number of benzene rings is 2. The molecule has 2 fully saturated rings. The van der Waals surface area contributed by atoms with Gasteiger partial charge in [0.05, 0.1) is 5.52 Å². The summed E-state index contributed by atoms with van der Waals surface area (Å²) >= 11 is 0. The SMILES string of the molecule is Cc1ccc(C(=O)N2CCN(c3nc4ccc(C)cc4c4nnc(C5CCCCC5)n34)CC2C)cc1. The van der Waals surface area contributed by atoms with Crippen LogP contribution in [0, 0.1) is 13.8 Å². The van der Waals surface area contributed by atoms with Crippen molar-refractivity contribution in [3.8, 4) is 0 Å². The van der Waals surface area contributed by atoms with Crippen molar-refractivity contribution >= 4 is 28.4 Å². The third-order valence-electron chi connectivity index (χ3n) is 7.94. The van der Waals surface area contributed by atoms with Gasteiger partial charge in [-0.1, -0.05) is 48.6 Å². The minimum atomic E-state index is 0.0627. The van der Waals surface area contributed by atoms with Crippen molar-refractivity contribution in [1.82, 2.24) is 24.5 Å². The second-order valence-corrected chi connectivity index (χ2v) is 10.6. The third kappa shape index (κ3) is 4.00. The molecule has 36 heavy (non-hydrogen) atoms. The fourth-order valence-electron chi connectivity index (χ4n) is 5.89. The first-order valence-corrected chi connectivity index (χ1v) is 13.3. The lowest BCUT2D eigenvalue weighted by atomic mass is 9.89. The van der Waals surface area contributed by atoms with Crippen LogP contribution >= 0.6 is 0 Å². The van der Waals surface area contributed by atoms with Crippen LogP contribution in [0.5, 0.6) is 0 Å². The molecule has 0 N–H and O–H groups in total. The van der Waals surface area contributed by atoms with Crippen molar-refractivity contribution in [2.24, 2.45) is 0 Å². The molecule has 7 nitrogen and oxygen atoms in total. The van der Waals surface area contributed by atoms with Gasteiger partial charge in [0, 0.05) is 42.5 Å². The molecular formula is C29H34N6O. The van der Waals surface area contributed by atoms with Gasteiger partial charge in [-0.15, -0.1) is 10.2 Å². The van der Waals surface area contributed by atoms with E-state index in [4.69, 9.17) is 15.2 Å². The Labute approximate surface area is 212 Å². The standard InChI is InChI=1S/C29H34N6O/c1-19-9-12-23(13-10-19)28(36)34-16-15-33(18-21(34)3)29-30-25-14-11-20(2)17-24(25)27-32-31-26(35(27)29)22-7-5-4-6-8-22/h9-14,17,21-22H,4-8,15-16,18H2,1-3H3. The molecule has 186 valence electrons. The first-order chi connectivity index (χ1) is 17.5. The molecule has 1 atom stereocenters. The molecule has 1 saturated heterocycles. The highest BCUT2D eigenvalue weighted by Crippen LogP contribution is 2.35. The summed E-state index contributed by atoms with van der Waals surface area (Å²) in [5, 5.41) is 10.5. The number of anilines is 1. The first kappa shape index (κ1) is 23.0. The average Bonchev–Trinajstić information content (AvgIpc) is 3.34. The van der Waals surface area contributed by atoms with E-state index in [0.29, 0.717) is 12.5 Å². The van der Waals surface area contributed by atoms with Crippen molar-refractivity contribution in [2.45, 2.75) is 64.8 Å². The van der Waals surface area contributed by atoms with E-state index in [9.17, 15) is 4.79 Å². The fraction of sp³-hybridized carbons (Fsp3) is 0.448. The maximum Gasteiger partial charge on any atom is 0.254 e. The number of fused-ring (bicyclic) bond motifs is 3. The molecule has 3 heterocycles. The number of hydrogen-bond acceptors (Lipinski definition) is 5. The Morgan fingerprint density at radius 2 is 1.67 bits per heavy atom. The quantitative estimate of drug-likeness (QED) is 0.397. The Hall–Kier alpha value is -3.48. The van der Waals surface area contributed by atoms with Crippen LogP contribution in [-0.2, 0) is 0 Å². The van der Waals surface area contributed by atoms with Crippen LogP contribution in [0.15, 0.2) is 42.5 Å². The van der Waals surface area contributed by atoms with E-state index in [1.54, 1.807) is 0 Å². The molecule has 1 aliphatic heterocycles. The van der Waals surface area contributed by atoms with Gasteiger partial charge in [-0.05, 0) is 57.9 Å². The van der Waals surface area contributed by atoms with E-state index in [2.05, 4.69) is 41.3 Å². The predicted molar refractivity (Wildman–Crippen MR) is 143 cm³/mol. The second-order valence-electron chi connectivity index (χ2n) is 10.6. The topological polar surface area (TPSA) is 66.6 Å². The lowest BCUT2D eigenvalue weighted by Gasteiger charge is -2.40. The second kappa shape index (κ2) is 9.19. The molecule has 1 amide bonds. The van der Waals surface area contributed by atoms with Gasteiger partial charge in [0.2, 0.25) is 5.95 Å². The van der Waals surface area contributed by atoms with E-state index in [-0.39, 0.29) is 11.9 Å². The number of aryl methyl sites for hydroxylation is 2. The highest BCUT2D eigenvalue weighted by Gasteiger charge is 2.32. The largest absolute Gasteiger partial charge is 0.338 e. The Morgan fingerprint density at radius 1 is 0.917 bits per heavy atom. The lowest BCUT2D eigenvalue weighted by molar-refractivity contribution is 0.0673.